The van der Waals surface area contributed by atoms with Crippen molar-refractivity contribution >= 4 is 34.9 Å². The van der Waals surface area contributed by atoms with E-state index in [9.17, 15) is 4.79 Å². The number of piperidine rings is 1. The Kier molecular flexibility index (Phi) is 7.45. The summed E-state index contributed by atoms with van der Waals surface area (Å²) in [6.07, 6.45) is 3.63. The number of hydrogen-bond donors (Lipinski definition) is 2. The molecule has 0 bridgehead atoms. The van der Waals surface area contributed by atoms with Crippen LogP contribution in [0.15, 0.2) is 36.7 Å². The summed E-state index contributed by atoms with van der Waals surface area (Å²) in [7, 11) is 0. The summed E-state index contributed by atoms with van der Waals surface area (Å²) in [5, 5.41) is 7.30. The van der Waals surface area contributed by atoms with Gasteiger partial charge in [-0.1, -0.05) is 17.7 Å². The van der Waals surface area contributed by atoms with Gasteiger partial charge in [-0.05, 0) is 57.0 Å². The van der Waals surface area contributed by atoms with E-state index in [0.29, 0.717) is 29.9 Å². The summed E-state index contributed by atoms with van der Waals surface area (Å²) in [5.41, 5.74) is 0.881. The van der Waals surface area contributed by atoms with Gasteiger partial charge >= 0.3 is 5.97 Å². The Bertz CT molecular complexity index is 781. The Hall–Kier alpha value is -2.38. The molecule has 1 saturated heterocycles. The van der Waals surface area contributed by atoms with E-state index in [1.165, 1.54) is 6.33 Å². The molecule has 8 heteroatoms. The highest BCUT2D eigenvalue weighted by atomic mass is 35.5. The summed E-state index contributed by atoms with van der Waals surface area (Å²) in [6, 6.07) is 9.39. The fourth-order valence-corrected chi connectivity index (χ4v) is 3.41. The molecule has 0 amide bonds. The van der Waals surface area contributed by atoms with Gasteiger partial charge in [-0.25, -0.2) is 9.97 Å². The number of aromatic nitrogens is 2. The maximum Gasteiger partial charge on any atom is 0.320 e. The van der Waals surface area contributed by atoms with Gasteiger partial charge in [-0.2, -0.15) is 0 Å². The molecule has 28 heavy (non-hydrogen) atoms. The third-order valence-electron chi connectivity index (χ3n) is 4.70. The lowest BCUT2D eigenvalue weighted by molar-refractivity contribution is -0.144. The van der Waals surface area contributed by atoms with E-state index >= 15 is 0 Å². The number of carbonyl (C=O) groups is 1. The number of ether oxygens (including phenoxy) is 1. The minimum absolute atomic E-state index is 0.139. The Morgan fingerprint density at radius 3 is 2.79 bits per heavy atom. The number of nitrogens with one attached hydrogen (secondary N) is 2. The molecule has 0 unspecified atom stereocenters. The molecule has 0 saturated carbocycles. The Balaban J connectivity index is 1.45. The SMILES string of the molecule is CCOC(=O)CN1CCC(CNc2cc(Nc3cccc(Cl)c3)ncn2)CC1. The second-order valence-electron chi connectivity index (χ2n) is 6.83. The molecule has 1 aromatic carbocycles. The fourth-order valence-electron chi connectivity index (χ4n) is 3.22. The van der Waals surface area contributed by atoms with Crippen molar-refractivity contribution in [3.05, 3.63) is 41.7 Å². The van der Waals surface area contributed by atoms with Crippen LogP contribution < -0.4 is 10.6 Å². The van der Waals surface area contributed by atoms with Gasteiger partial charge in [-0.3, -0.25) is 9.69 Å². The highest BCUT2D eigenvalue weighted by molar-refractivity contribution is 6.30. The van der Waals surface area contributed by atoms with Crippen LogP contribution >= 0.6 is 11.6 Å². The first-order valence-corrected chi connectivity index (χ1v) is 9.96. The van der Waals surface area contributed by atoms with E-state index < -0.39 is 0 Å². The molecule has 1 aliphatic heterocycles. The molecule has 0 atom stereocenters. The number of hydrogen-bond acceptors (Lipinski definition) is 7. The molecule has 0 radical (unpaired) electrons. The number of carbonyl (C=O) groups excluding carboxylic acids is 1. The van der Waals surface area contributed by atoms with E-state index in [1.54, 1.807) is 0 Å². The molecule has 1 aromatic heterocycles. The minimum Gasteiger partial charge on any atom is -0.465 e. The Morgan fingerprint density at radius 1 is 1.25 bits per heavy atom. The van der Waals surface area contributed by atoms with Crippen molar-refractivity contribution in [1.29, 1.82) is 0 Å². The number of nitrogens with zero attached hydrogens (tertiary/aromatic N) is 3. The van der Waals surface area contributed by atoms with Crippen molar-refractivity contribution in [2.75, 3.05) is 43.4 Å². The summed E-state index contributed by atoms with van der Waals surface area (Å²) in [6.45, 7) is 5.33. The minimum atomic E-state index is -0.139. The number of halogens is 1. The lowest BCUT2D eigenvalue weighted by Crippen LogP contribution is -2.39. The number of likely N-dealkylation sites (tertiary alicyclic amines) is 1. The molecule has 2 aromatic rings. The zero-order chi connectivity index (χ0) is 19.8. The van der Waals surface area contributed by atoms with Crippen molar-refractivity contribution in [3.8, 4) is 0 Å². The van der Waals surface area contributed by atoms with Gasteiger partial charge in [0.1, 0.15) is 18.0 Å². The third kappa shape index (κ3) is 6.35. The molecule has 150 valence electrons. The molecule has 1 aliphatic rings. The van der Waals surface area contributed by atoms with Gasteiger partial charge in [0.2, 0.25) is 0 Å². The van der Waals surface area contributed by atoms with Crippen molar-refractivity contribution in [2.24, 2.45) is 5.92 Å². The molecule has 2 heterocycles. The lowest BCUT2D eigenvalue weighted by atomic mass is 9.97. The average Bonchev–Trinajstić information content (AvgIpc) is 2.68. The van der Waals surface area contributed by atoms with Gasteiger partial charge in [0.25, 0.3) is 0 Å². The van der Waals surface area contributed by atoms with Crippen LogP contribution in [-0.2, 0) is 9.53 Å². The number of esters is 1. The second kappa shape index (κ2) is 10.2. The first-order chi connectivity index (χ1) is 13.6. The highest BCUT2D eigenvalue weighted by Crippen LogP contribution is 2.21. The first kappa shape index (κ1) is 20.4. The van der Waals surface area contributed by atoms with Crippen LogP contribution in [-0.4, -0.2) is 53.6 Å². The standard InChI is InChI=1S/C20H26ClN5O2/c1-2-28-20(27)13-26-8-6-15(7-9-26)12-22-18-11-19(24-14-23-18)25-17-5-3-4-16(21)10-17/h3-5,10-11,14-15H,2,6-9,12-13H2,1H3,(H2,22,23,24,25). The van der Waals surface area contributed by atoms with E-state index in [0.717, 1.165) is 44.0 Å². The van der Waals surface area contributed by atoms with Crippen molar-refractivity contribution < 1.29 is 9.53 Å². The molecule has 0 spiro atoms. The van der Waals surface area contributed by atoms with Crippen LogP contribution in [0.2, 0.25) is 5.02 Å². The van der Waals surface area contributed by atoms with Gasteiger partial charge in [-0.15, -0.1) is 0 Å². The van der Waals surface area contributed by atoms with E-state index in [4.69, 9.17) is 16.3 Å². The second-order valence-corrected chi connectivity index (χ2v) is 7.27. The first-order valence-electron chi connectivity index (χ1n) is 9.59. The van der Waals surface area contributed by atoms with Gasteiger partial charge in [0.05, 0.1) is 13.2 Å². The molecular formula is C20H26ClN5O2. The topological polar surface area (TPSA) is 79.4 Å². The maximum atomic E-state index is 11.6. The predicted octanol–water partition coefficient (Wildman–Crippen LogP) is 3.56. The van der Waals surface area contributed by atoms with Crippen LogP contribution in [0.25, 0.3) is 0 Å². The summed E-state index contributed by atoms with van der Waals surface area (Å²) in [4.78, 5) is 22.3. The number of anilines is 3. The predicted molar refractivity (Wildman–Crippen MR) is 111 cm³/mol. The lowest BCUT2D eigenvalue weighted by Gasteiger charge is -2.31. The zero-order valence-corrected chi connectivity index (χ0v) is 16.8. The van der Waals surface area contributed by atoms with Crippen molar-refractivity contribution in [2.45, 2.75) is 19.8 Å². The van der Waals surface area contributed by atoms with Crippen LogP contribution in [0.5, 0.6) is 0 Å². The van der Waals surface area contributed by atoms with Crippen LogP contribution in [0.1, 0.15) is 19.8 Å². The van der Waals surface area contributed by atoms with Gasteiger partial charge < -0.3 is 15.4 Å². The van der Waals surface area contributed by atoms with E-state index in [1.807, 2.05) is 37.3 Å². The smallest absolute Gasteiger partial charge is 0.320 e. The van der Waals surface area contributed by atoms with Crippen molar-refractivity contribution in [3.63, 3.8) is 0 Å². The quantitative estimate of drug-likeness (QED) is 0.652. The molecule has 0 aliphatic carbocycles. The maximum absolute atomic E-state index is 11.6. The molecular weight excluding hydrogens is 378 g/mol. The van der Waals surface area contributed by atoms with Gasteiger partial charge in [0, 0.05) is 23.3 Å². The normalized spacial score (nSPS) is 15.2. The Morgan fingerprint density at radius 2 is 2.04 bits per heavy atom. The highest BCUT2D eigenvalue weighted by Gasteiger charge is 2.21. The third-order valence-corrected chi connectivity index (χ3v) is 4.94. The molecule has 3 rings (SSSR count). The zero-order valence-electron chi connectivity index (χ0n) is 16.0. The van der Waals surface area contributed by atoms with Crippen LogP contribution in [0.3, 0.4) is 0 Å². The largest absolute Gasteiger partial charge is 0.465 e. The average molecular weight is 404 g/mol. The Labute approximate surface area is 170 Å². The molecule has 1 fully saturated rings. The molecule has 2 N–H and O–H groups in total. The van der Waals surface area contributed by atoms with E-state index in [2.05, 4.69) is 25.5 Å². The molecule has 7 nitrogen and oxygen atoms in total. The summed E-state index contributed by atoms with van der Waals surface area (Å²) < 4.78 is 5.02. The summed E-state index contributed by atoms with van der Waals surface area (Å²) in [5.74, 6) is 1.91. The summed E-state index contributed by atoms with van der Waals surface area (Å²) >= 11 is 6.02. The van der Waals surface area contributed by atoms with E-state index in [-0.39, 0.29) is 5.97 Å². The van der Waals surface area contributed by atoms with Crippen LogP contribution in [0, 0.1) is 5.92 Å². The van der Waals surface area contributed by atoms with Crippen LogP contribution in [0.4, 0.5) is 17.3 Å². The number of benzene rings is 1. The monoisotopic (exact) mass is 403 g/mol. The number of rotatable bonds is 8. The van der Waals surface area contributed by atoms with Gasteiger partial charge in [0.15, 0.2) is 0 Å². The fraction of sp³-hybridized carbons (Fsp3) is 0.450. The van der Waals surface area contributed by atoms with Crippen molar-refractivity contribution in [1.82, 2.24) is 14.9 Å².